The van der Waals surface area contributed by atoms with E-state index in [0.717, 1.165) is 69.1 Å². The molecule has 9 nitrogen and oxygen atoms in total. The number of hydrogen-bond acceptors (Lipinski definition) is 8. The smallest absolute Gasteiger partial charge is 0.264 e. The second-order valence-corrected chi connectivity index (χ2v) is 16.3. The van der Waals surface area contributed by atoms with Crippen LogP contribution in [0.25, 0.3) is 0 Å². The van der Waals surface area contributed by atoms with Gasteiger partial charge in [0.25, 0.3) is 5.91 Å². The quantitative estimate of drug-likeness (QED) is 0.242. The predicted molar refractivity (Wildman–Crippen MR) is 204 cm³/mol. The maximum atomic E-state index is 13.3. The van der Waals surface area contributed by atoms with Crippen LogP contribution in [0.1, 0.15) is 67.4 Å². The van der Waals surface area contributed by atoms with Gasteiger partial charge in [0.1, 0.15) is 5.75 Å². The Hall–Kier alpha value is -2.19. The zero-order valence-corrected chi connectivity index (χ0v) is 32.4. The van der Waals surface area contributed by atoms with Gasteiger partial charge in [-0.15, -0.1) is 0 Å². The number of carbonyl (C=O) groups excluding carboxylic acids is 2. The standard InChI is InChI=1S/C32H37ClN2O5S.C4H9NO.CH3I/c1-20-5-3-7-29(36)26-11-8-24(26)17-35-18-32(14-4-6-22-15-25(33)10-12-27(22)32)19-40-30-13-9-23(16-28(30)35)31(37)34-41(38,39)21(20)2;1-3-6-4-2-5-1;1-2/h3,7,9-10,12-13,15-16,20-21,24,26H,4-6,8,11,14,17-19H2,1-2H3,(H,34,37);5H,1-4H2;1H3/b7-3+;;/t20-,21+,24-,26+,32?;;/m0../s1. The molecule has 1 unspecified atom stereocenters. The highest BCUT2D eigenvalue weighted by molar-refractivity contribution is 14.1. The average Bonchev–Trinajstić information content (AvgIpc) is 3.24. The second-order valence-electron chi connectivity index (χ2n) is 13.8. The third-order valence-electron chi connectivity index (χ3n) is 10.7. The van der Waals surface area contributed by atoms with Gasteiger partial charge in [-0.05, 0) is 110 Å². The van der Waals surface area contributed by atoms with Gasteiger partial charge in [0, 0.05) is 48.1 Å². The van der Waals surface area contributed by atoms with E-state index in [2.05, 4.69) is 49.7 Å². The first-order chi connectivity index (χ1) is 23.6. The molecule has 268 valence electrons. The molecule has 3 aliphatic heterocycles. The Labute approximate surface area is 310 Å². The number of fused-ring (bicyclic) bond motifs is 4. The molecule has 1 spiro atoms. The maximum absolute atomic E-state index is 13.3. The number of ether oxygens (including phenoxy) is 2. The first-order valence-corrected chi connectivity index (χ1v) is 21.4. The van der Waals surface area contributed by atoms with Gasteiger partial charge in [0.15, 0.2) is 5.78 Å². The van der Waals surface area contributed by atoms with E-state index < -0.39 is 21.2 Å². The number of hydrogen-bond donors (Lipinski definition) is 2. The monoisotopic (exact) mass is 825 g/mol. The third kappa shape index (κ3) is 8.83. The van der Waals surface area contributed by atoms with E-state index in [4.69, 9.17) is 21.1 Å². The number of allylic oxidation sites excluding steroid dienone is 2. The largest absolute Gasteiger partial charge is 0.490 e. The summed E-state index contributed by atoms with van der Waals surface area (Å²) in [5.74, 6) is -0.0319. The van der Waals surface area contributed by atoms with Crippen LogP contribution >= 0.6 is 34.2 Å². The minimum Gasteiger partial charge on any atom is -0.490 e. The number of nitrogens with zero attached hydrogens (tertiary/aromatic N) is 1. The van der Waals surface area contributed by atoms with Crippen LogP contribution in [0.2, 0.25) is 5.02 Å². The van der Waals surface area contributed by atoms with Gasteiger partial charge in [0.2, 0.25) is 10.0 Å². The fourth-order valence-corrected chi connectivity index (χ4v) is 9.00. The molecule has 5 aliphatic rings. The summed E-state index contributed by atoms with van der Waals surface area (Å²) in [5, 5.41) is 3.07. The van der Waals surface area contributed by atoms with E-state index in [1.54, 1.807) is 37.3 Å². The number of rotatable bonds is 0. The SMILES string of the molecule is C1COCCN1.CI.C[C@@H]1[C@@H](C)C/C=C/C(=O)[C@@H]2CC[C@H]2CN2CC3(CCCc4cc(Cl)ccc43)COc3ccc(cc32)C(=O)NS1(=O)=O. The Morgan fingerprint density at radius 3 is 2.49 bits per heavy atom. The van der Waals surface area contributed by atoms with E-state index in [-0.39, 0.29) is 34.5 Å². The number of ketones is 1. The lowest BCUT2D eigenvalue weighted by molar-refractivity contribution is -0.122. The number of aryl methyl sites for hydroxylation is 1. The molecule has 49 heavy (non-hydrogen) atoms. The second kappa shape index (κ2) is 16.9. The van der Waals surface area contributed by atoms with Gasteiger partial charge in [0.05, 0.1) is 30.8 Å². The molecule has 2 aliphatic carbocycles. The summed E-state index contributed by atoms with van der Waals surface area (Å²) in [4.78, 5) is 30.8. The van der Waals surface area contributed by atoms with Gasteiger partial charge >= 0.3 is 0 Å². The number of benzene rings is 2. The molecule has 7 rings (SSSR count). The number of sulfonamides is 1. The Bertz CT molecular complexity index is 1620. The molecule has 0 radical (unpaired) electrons. The normalized spacial score (nSPS) is 29.9. The van der Waals surface area contributed by atoms with Crippen molar-refractivity contribution >= 4 is 61.6 Å². The molecule has 0 aromatic heterocycles. The highest BCUT2D eigenvalue weighted by Gasteiger charge is 2.44. The zero-order chi connectivity index (χ0) is 35.2. The van der Waals surface area contributed by atoms with Crippen molar-refractivity contribution < 1.29 is 27.5 Å². The fraction of sp³-hybridized carbons (Fsp3) is 0.568. The molecule has 5 atom stereocenters. The summed E-state index contributed by atoms with van der Waals surface area (Å²) in [6, 6.07) is 11.3. The Balaban J connectivity index is 0.000000522. The third-order valence-corrected chi connectivity index (χ3v) is 12.8. The molecule has 2 N–H and O–H groups in total. The van der Waals surface area contributed by atoms with Crippen molar-refractivity contribution in [2.75, 3.05) is 55.8 Å². The minimum absolute atomic E-state index is 0.0666. The summed E-state index contributed by atoms with van der Waals surface area (Å²) in [5.41, 5.74) is 3.22. The molecular weight excluding hydrogens is 777 g/mol. The first kappa shape index (κ1) is 38.1. The Morgan fingerprint density at radius 2 is 1.82 bits per heavy atom. The average molecular weight is 826 g/mol. The van der Waals surface area contributed by atoms with Crippen LogP contribution in [-0.2, 0) is 31.4 Å². The summed E-state index contributed by atoms with van der Waals surface area (Å²) >= 11 is 8.52. The topological polar surface area (TPSA) is 114 Å². The maximum Gasteiger partial charge on any atom is 0.264 e. The first-order valence-electron chi connectivity index (χ1n) is 17.3. The number of amides is 1. The summed E-state index contributed by atoms with van der Waals surface area (Å²) in [7, 11) is -3.93. The number of alkyl halides is 1. The predicted octanol–water partition coefficient (Wildman–Crippen LogP) is 6.11. The van der Waals surface area contributed by atoms with Gasteiger partial charge in [-0.25, -0.2) is 13.1 Å². The molecule has 1 amide bonds. The molecule has 2 aromatic rings. The van der Waals surface area contributed by atoms with Gasteiger partial charge in [-0.2, -0.15) is 0 Å². The molecule has 3 heterocycles. The zero-order valence-electron chi connectivity index (χ0n) is 28.7. The molecule has 12 heteroatoms. The van der Waals surface area contributed by atoms with Crippen LogP contribution in [-0.4, -0.2) is 76.3 Å². The number of halogens is 2. The summed E-state index contributed by atoms with van der Waals surface area (Å²) in [6.07, 6.45) is 8.60. The van der Waals surface area contributed by atoms with E-state index in [9.17, 15) is 18.0 Å². The van der Waals surface area contributed by atoms with Crippen LogP contribution in [0.4, 0.5) is 5.69 Å². The van der Waals surface area contributed by atoms with Crippen molar-refractivity contribution in [3.8, 4) is 5.75 Å². The molecule has 2 fully saturated rings. The highest BCUT2D eigenvalue weighted by Crippen LogP contribution is 2.46. The van der Waals surface area contributed by atoms with E-state index >= 15 is 0 Å². The lowest BCUT2D eigenvalue weighted by atomic mass is 9.68. The Morgan fingerprint density at radius 1 is 1.04 bits per heavy atom. The van der Waals surface area contributed by atoms with Crippen LogP contribution < -0.4 is 19.7 Å². The van der Waals surface area contributed by atoms with Gasteiger partial charge in [-0.3, -0.25) is 9.59 Å². The van der Waals surface area contributed by atoms with E-state index in [1.807, 2.05) is 17.9 Å². The highest BCUT2D eigenvalue weighted by atomic mass is 127. The lowest BCUT2D eigenvalue weighted by Gasteiger charge is -2.44. The minimum atomic E-state index is -3.93. The van der Waals surface area contributed by atoms with Gasteiger partial charge in [-0.1, -0.05) is 53.3 Å². The molecule has 1 saturated carbocycles. The number of nitrogens with one attached hydrogen (secondary N) is 2. The van der Waals surface area contributed by atoms with Crippen molar-refractivity contribution in [1.29, 1.82) is 0 Å². The number of anilines is 1. The van der Waals surface area contributed by atoms with E-state index in [1.165, 1.54) is 11.1 Å². The molecule has 1 saturated heterocycles. The van der Waals surface area contributed by atoms with Crippen LogP contribution in [0.5, 0.6) is 5.75 Å². The van der Waals surface area contributed by atoms with Crippen molar-refractivity contribution in [3.05, 3.63) is 70.3 Å². The van der Waals surface area contributed by atoms with Crippen LogP contribution in [0.3, 0.4) is 0 Å². The van der Waals surface area contributed by atoms with Crippen molar-refractivity contribution in [1.82, 2.24) is 10.0 Å². The number of morpholine rings is 1. The number of carbonyl (C=O) groups is 2. The summed E-state index contributed by atoms with van der Waals surface area (Å²) < 4.78 is 40.0. The Kier molecular flexibility index (Phi) is 13.1. The van der Waals surface area contributed by atoms with Crippen molar-refractivity contribution in [2.45, 2.75) is 63.0 Å². The van der Waals surface area contributed by atoms with Crippen LogP contribution in [0.15, 0.2) is 48.6 Å². The molecule has 2 aromatic carbocycles. The van der Waals surface area contributed by atoms with Crippen LogP contribution in [0, 0.1) is 17.8 Å². The van der Waals surface area contributed by atoms with Gasteiger partial charge < -0.3 is 19.7 Å². The molecule has 2 bridgehead atoms. The molecular formula is C37H49ClIN3O6S. The van der Waals surface area contributed by atoms with Crippen molar-refractivity contribution in [2.24, 2.45) is 17.8 Å². The van der Waals surface area contributed by atoms with E-state index in [0.29, 0.717) is 31.9 Å². The lowest BCUT2D eigenvalue weighted by Crippen LogP contribution is -2.49. The fourth-order valence-electron chi connectivity index (χ4n) is 7.52. The summed E-state index contributed by atoms with van der Waals surface area (Å²) in [6.45, 7) is 9.06. The van der Waals surface area contributed by atoms with Crippen molar-refractivity contribution in [3.63, 3.8) is 0 Å².